The van der Waals surface area contributed by atoms with Crippen molar-refractivity contribution in [3.63, 3.8) is 0 Å². The number of nitrogens with zero attached hydrogens (tertiary/aromatic N) is 1. The fourth-order valence-electron chi connectivity index (χ4n) is 3.57. The zero-order valence-corrected chi connectivity index (χ0v) is 12.9. The van der Waals surface area contributed by atoms with Crippen molar-refractivity contribution in [1.29, 1.82) is 0 Å². The van der Waals surface area contributed by atoms with Gasteiger partial charge in [-0.3, -0.25) is 14.5 Å². The molecule has 21 heavy (non-hydrogen) atoms. The Balaban J connectivity index is 2.04. The molecule has 0 aliphatic carbocycles. The Morgan fingerprint density at radius 1 is 1.29 bits per heavy atom. The Hall–Kier alpha value is -1.75. The molecule has 1 aromatic carbocycles. The number of benzene rings is 1. The van der Waals surface area contributed by atoms with Gasteiger partial charge in [0.1, 0.15) is 0 Å². The SMILES string of the molecule is CC1=CC(C)(C)N2C(=O)[C@]3(OC(=O)CS3)c3cccc1c32. The average Bonchev–Trinajstić information content (AvgIpc) is 2.90. The highest BCUT2D eigenvalue weighted by Gasteiger charge is 2.61. The molecule has 1 aromatic rings. The van der Waals surface area contributed by atoms with Crippen LogP contribution in [0.5, 0.6) is 0 Å². The highest BCUT2D eigenvalue weighted by atomic mass is 32.2. The van der Waals surface area contributed by atoms with Crippen LogP contribution in [0, 0.1) is 0 Å². The van der Waals surface area contributed by atoms with Crippen molar-refractivity contribution in [2.24, 2.45) is 0 Å². The molecule has 108 valence electrons. The molecule has 0 unspecified atom stereocenters. The maximum Gasteiger partial charge on any atom is 0.318 e. The van der Waals surface area contributed by atoms with Gasteiger partial charge in [0.05, 0.1) is 17.0 Å². The summed E-state index contributed by atoms with van der Waals surface area (Å²) in [5.74, 6) is -0.251. The molecule has 1 spiro atoms. The number of fused-ring (bicyclic) bond motifs is 1. The van der Waals surface area contributed by atoms with Gasteiger partial charge in [-0.25, -0.2) is 0 Å². The molecule has 3 heterocycles. The summed E-state index contributed by atoms with van der Waals surface area (Å²) in [5, 5.41) is 0. The lowest BCUT2D eigenvalue weighted by Gasteiger charge is -2.38. The molecule has 1 fully saturated rings. The summed E-state index contributed by atoms with van der Waals surface area (Å²) < 4.78 is 5.50. The Kier molecular flexibility index (Phi) is 2.29. The summed E-state index contributed by atoms with van der Waals surface area (Å²) >= 11 is 1.28. The Labute approximate surface area is 127 Å². The van der Waals surface area contributed by atoms with Crippen LogP contribution in [0.15, 0.2) is 24.3 Å². The Bertz CT molecular complexity index is 737. The first-order valence-electron chi connectivity index (χ1n) is 6.91. The van der Waals surface area contributed by atoms with Crippen LogP contribution in [-0.2, 0) is 19.3 Å². The molecule has 3 aliphatic heterocycles. The lowest BCUT2D eigenvalue weighted by Crippen LogP contribution is -2.50. The number of para-hydroxylation sites is 1. The van der Waals surface area contributed by atoms with Gasteiger partial charge in [-0.1, -0.05) is 36.0 Å². The van der Waals surface area contributed by atoms with E-state index < -0.39 is 10.5 Å². The molecule has 0 aromatic heterocycles. The van der Waals surface area contributed by atoms with Gasteiger partial charge in [-0.05, 0) is 26.3 Å². The van der Waals surface area contributed by atoms with Crippen LogP contribution in [0.1, 0.15) is 31.9 Å². The Morgan fingerprint density at radius 3 is 2.71 bits per heavy atom. The molecule has 0 bridgehead atoms. The molecule has 3 aliphatic rings. The number of rotatable bonds is 0. The van der Waals surface area contributed by atoms with Crippen molar-refractivity contribution in [2.75, 3.05) is 10.7 Å². The van der Waals surface area contributed by atoms with Crippen LogP contribution in [0.4, 0.5) is 5.69 Å². The molecule has 1 atom stereocenters. The lowest BCUT2D eigenvalue weighted by molar-refractivity contribution is -0.153. The molecule has 0 N–H and O–H groups in total. The van der Waals surface area contributed by atoms with E-state index >= 15 is 0 Å². The number of amides is 1. The van der Waals surface area contributed by atoms with Gasteiger partial charge in [0, 0.05) is 11.1 Å². The zero-order valence-electron chi connectivity index (χ0n) is 12.1. The van der Waals surface area contributed by atoms with Crippen LogP contribution < -0.4 is 4.90 Å². The van der Waals surface area contributed by atoms with Gasteiger partial charge in [-0.2, -0.15) is 0 Å². The van der Waals surface area contributed by atoms with Gasteiger partial charge in [0.2, 0.25) is 0 Å². The van der Waals surface area contributed by atoms with Gasteiger partial charge in [-0.15, -0.1) is 0 Å². The lowest BCUT2D eigenvalue weighted by atomic mass is 9.89. The molecular weight excluding hydrogens is 286 g/mol. The predicted molar refractivity (Wildman–Crippen MR) is 81.9 cm³/mol. The molecule has 1 amide bonds. The third-order valence-corrected chi connectivity index (χ3v) is 5.59. The number of hydrogen-bond acceptors (Lipinski definition) is 4. The normalized spacial score (nSPS) is 28.7. The van der Waals surface area contributed by atoms with E-state index in [2.05, 4.69) is 13.0 Å². The number of thioether (sulfide) groups is 1. The maximum atomic E-state index is 13.1. The number of allylic oxidation sites excluding steroid dienone is 1. The van der Waals surface area contributed by atoms with E-state index in [1.165, 1.54) is 11.8 Å². The first-order valence-corrected chi connectivity index (χ1v) is 7.89. The molecule has 4 rings (SSSR count). The third-order valence-electron chi connectivity index (χ3n) is 4.32. The molecule has 1 saturated heterocycles. The van der Waals surface area contributed by atoms with E-state index in [0.29, 0.717) is 0 Å². The fraction of sp³-hybridized carbons (Fsp3) is 0.375. The predicted octanol–water partition coefficient (Wildman–Crippen LogP) is 2.67. The van der Waals surface area contributed by atoms with Crippen molar-refractivity contribution >= 4 is 34.9 Å². The molecule has 0 radical (unpaired) electrons. The van der Waals surface area contributed by atoms with E-state index in [-0.39, 0.29) is 17.6 Å². The van der Waals surface area contributed by atoms with Crippen LogP contribution in [0.3, 0.4) is 0 Å². The number of ether oxygens (including phenoxy) is 1. The minimum Gasteiger partial charge on any atom is -0.433 e. The number of anilines is 1. The number of esters is 1. The number of hydrogen-bond donors (Lipinski definition) is 0. The Morgan fingerprint density at radius 2 is 2.05 bits per heavy atom. The minimum absolute atomic E-state index is 0.144. The first-order chi connectivity index (χ1) is 9.87. The summed E-state index contributed by atoms with van der Waals surface area (Å²) in [6.07, 6.45) is 2.09. The molecular formula is C16H15NO3S. The van der Waals surface area contributed by atoms with Crippen LogP contribution in [-0.4, -0.2) is 23.2 Å². The number of carbonyl (C=O) groups excluding carboxylic acids is 2. The van der Waals surface area contributed by atoms with Crippen LogP contribution >= 0.6 is 11.8 Å². The van der Waals surface area contributed by atoms with Crippen molar-refractivity contribution in [3.8, 4) is 0 Å². The van der Waals surface area contributed by atoms with Gasteiger partial charge in [0.25, 0.3) is 10.8 Å². The van der Waals surface area contributed by atoms with Gasteiger partial charge >= 0.3 is 5.97 Å². The van der Waals surface area contributed by atoms with Crippen molar-refractivity contribution in [2.45, 2.75) is 31.2 Å². The van der Waals surface area contributed by atoms with E-state index in [1.807, 2.05) is 32.0 Å². The molecule has 5 heteroatoms. The highest BCUT2D eigenvalue weighted by Crippen LogP contribution is 2.57. The minimum atomic E-state index is -1.18. The van der Waals surface area contributed by atoms with Crippen molar-refractivity contribution in [1.82, 2.24) is 0 Å². The van der Waals surface area contributed by atoms with E-state index in [4.69, 9.17) is 4.74 Å². The summed E-state index contributed by atoms with van der Waals surface area (Å²) in [4.78, 5) is 25.3. The zero-order chi connectivity index (χ0) is 15.0. The number of carbonyl (C=O) groups is 2. The van der Waals surface area contributed by atoms with Gasteiger partial charge < -0.3 is 4.74 Å². The topological polar surface area (TPSA) is 46.6 Å². The van der Waals surface area contributed by atoms with E-state index in [9.17, 15) is 9.59 Å². The summed E-state index contributed by atoms with van der Waals surface area (Å²) in [6.45, 7) is 6.07. The van der Waals surface area contributed by atoms with Crippen LogP contribution in [0.25, 0.3) is 5.57 Å². The largest absolute Gasteiger partial charge is 0.433 e. The molecule has 0 saturated carbocycles. The van der Waals surface area contributed by atoms with Crippen LogP contribution in [0.2, 0.25) is 0 Å². The van der Waals surface area contributed by atoms with Crippen molar-refractivity contribution < 1.29 is 14.3 Å². The second-order valence-corrected chi connectivity index (χ2v) is 7.35. The smallest absolute Gasteiger partial charge is 0.318 e. The highest BCUT2D eigenvalue weighted by molar-refractivity contribution is 8.01. The third kappa shape index (κ3) is 1.42. The first kappa shape index (κ1) is 13.0. The van der Waals surface area contributed by atoms with Gasteiger partial charge in [0.15, 0.2) is 0 Å². The van der Waals surface area contributed by atoms with E-state index in [0.717, 1.165) is 22.4 Å². The summed E-state index contributed by atoms with van der Waals surface area (Å²) in [5.41, 5.74) is 3.47. The van der Waals surface area contributed by atoms with Crippen molar-refractivity contribution in [3.05, 3.63) is 35.4 Å². The fourth-order valence-corrected chi connectivity index (χ4v) is 4.64. The second-order valence-electron chi connectivity index (χ2n) is 6.20. The molecule has 4 nitrogen and oxygen atoms in total. The average molecular weight is 301 g/mol. The monoisotopic (exact) mass is 301 g/mol. The maximum absolute atomic E-state index is 13.1. The summed E-state index contributed by atoms with van der Waals surface area (Å²) in [7, 11) is 0. The standard InChI is InChI=1S/C16H15NO3S/c1-9-7-15(2,3)17-13-10(9)5-4-6-11(13)16(14(17)19)20-12(18)8-21-16/h4-7H,8H2,1-3H3/t16-/m0/s1. The quantitative estimate of drug-likeness (QED) is 0.691. The second kappa shape index (κ2) is 3.71. The summed E-state index contributed by atoms with van der Waals surface area (Å²) in [6, 6.07) is 5.84. The van der Waals surface area contributed by atoms with E-state index in [1.54, 1.807) is 4.90 Å².